The minimum Gasteiger partial charge on any atom is -0.302 e. The van der Waals surface area contributed by atoms with Crippen LogP contribution in [-0.2, 0) is 6.42 Å². The number of imidazole rings is 1. The average molecular weight is 181 g/mol. The lowest BCUT2D eigenvalue weighted by molar-refractivity contribution is 0.933. The molecule has 0 atom stereocenters. The lowest BCUT2D eigenvalue weighted by atomic mass is 10.4. The maximum Gasteiger partial charge on any atom is 0.112 e. The number of nitrogens with zero attached hydrogens (tertiary/aromatic N) is 2. The smallest absolute Gasteiger partial charge is 0.112 e. The molecule has 0 aromatic carbocycles. The van der Waals surface area contributed by atoms with Crippen LogP contribution in [-0.4, -0.2) is 9.38 Å². The molecule has 3 heteroatoms. The molecule has 0 radical (unpaired) electrons. The molecule has 2 heterocycles. The molecule has 0 aliphatic carbocycles. The molecule has 2 rings (SSSR count). The van der Waals surface area contributed by atoms with Crippen LogP contribution in [0.4, 0.5) is 0 Å². The van der Waals surface area contributed by atoms with Gasteiger partial charge >= 0.3 is 0 Å². The molecule has 0 fully saturated rings. The van der Waals surface area contributed by atoms with Gasteiger partial charge in [-0.05, 0) is 12.1 Å². The fourth-order valence-corrected chi connectivity index (χ4v) is 1.52. The Morgan fingerprint density at radius 1 is 1.58 bits per heavy atom. The van der Waals surface area contributed by atoms with Gasteiger partial charge in [0.1, 0.15) is 5.82 Å². The van der Waals surface area contributed by atoms with E-state index < -0.39 is 0 Å². The SMILES string of the molecule is CCc1ncc2c(Cl)cccn12. The van der Waals surface area contributed by atoms with Crippen LogP contribution in [0.2, 0.25) is 5.02 Å². The molecule has 0 N–H and O–H groups in total. The first-order chi connectivity index (χ1) is 5.83. The molecule has 0 amide bonds. The summed E-state index contributed by atoms with van der Waals surface area (Å²) in [5.41, 5.74) is 0.982. The zero-order valence-electron chi connectivity index (χ0n) is 6.79. The number of rotatable bonds is 1. The third-order valence-electron chi connectivity index (χ3n) is 1.91. The minimum atomic E-state index is 0.754. The Kier molecular flexibility index (Phi) is 1.77. The van der Waals surface area contributed by atoms with Crippen LogP contribution < -0.4 is 0 Å². The Balaban J connectivity index is 2.80. The van der Waals surface area contributed by atoms with Crippen molar-refractivity contribution in [1.29, 1.82) is 0 Å². The highest BCUT2D eigenvalue weighted by Crippen LogP contribution is 2.17. The van der Waals surface area contributed by atoms with Crippen molar-refractivity contribution in [2.75, 3.05) is 0 Å². The van der Waals surface area contributed by atoms with E-state index in [0.29, 0.717) is 0 Å². The van der Waals surface area contributed by atoms with Crippen LogP contribution in [0, 0.1) is 0 Å². The number of hydrogen-bond acceptors (Lipinski definition) is 1. The Hall–Kier alpha value is -1.02. The third kappa shape index (κ3) is 0.994. The number of hydrogen-bond donors (Lipinski definition) is 0. The van der Waals surface area contributed by atoms with E-state index in [1.54, 1.807) is 6.20 Å². The summed E-state index contributed by atoms with van der Waals surface area (Å²) in [4.78, 5) is 4.25. The molecule has 0 unspecified atom stereocenters. The van der Waals surface area contributed by atoms with Crippen molar-refractivity contribution in [3.05, 3.63) is 35.4 Å². The third-order valence-corrected chi connectivity index (χ3v) is 2.23. The standard InChI is InChI=1S/C9H9ClN2/c1-2-9-11-6-8-7(10)4-3-5-12(8)9/h3-6H,2H2,1H3. The number of halogens is 1. The lowest BCUT2D eigenvalue weighted by Crippen LogP contribution is -1.90. The number of pyridine rings is 1. The van der Waals surface area contributed by atoms with E-state index in [-0.39, 0.29) is 0 Å². The highest BCUT2D eigenvalue weighted by molar-refractivity contribution is 6.33. The molecule has 0 spiro atoms. The second-order valence-electron chi connectivity index (χ2n) is 2.64. The van der Waals surface area contributed by atoms with E-state index in [0.717, 1.165) is 22.8 Å². The molecule has 2 aromatic rings. The summed E-state index contributed by atoms with van der Waals surface area (Å²) in [7, 11) is 0. The monoisotopic (exact) mass is 180 g/mol. The largest absolute Gasteiger partial charge is 0.302 e. The van der Waals surface area contributed by atoms with Crippen LogP contribution in [0.15, 0.2) is 24.5 Å². The zero-order chi connectivity index (χ0) is 8.55. The quantitative estimate of drug-likeness (QED) is 0.660. The van der Waals surface area contributed by atoms with Gasteiger partial charge in [0.25, 0.3) is 0 Å². The normalized spacial score (nSPS) is 10.8. The van der Waals surface area contributed by atoms with Crippen LogP contribution in [0.1, 0.15) is 12.7 Å². The molecule has 0 aliphatic heterocycles. The maximum absolute atomic E-state index is 5.97. The Morgan fingerprint density at radius 2 is 2.42 bits per heavy atom. The van der Waals surface area contributed by atoms with E-state index in [2.05, 4.69) is 11.9 Å². The number of aryl methyl sites for hydroxylation is 1. The fraction of sp³-hybridized carbons (Fsp3) is 0.222. The van der Waals surface area contributed by atoms with Crippen LogP contribution in [0.5, 0.6) is 0 Å². The van der Waals surface area contributed by atoms with E-state index in [4.69, 9.17) is 11.6 Å². The van der Waals surface area contributed by atoms with Crippen LogP contribution >= 0.6 is 11.6 Å². The Morgan fingerprint density at radius 3 is 3.17 bits per heavy atom. The lowest BCUT2D eigenvalue weighted by Gasteiger charge is -1.97. The van der Waals surface area contributed by atoms with Crippen molar-refractivity contribution >= 4 is 17.1 Å². The van der Waals surface area contributed by atoms with E-state index in [1.807, 2.05) is 22.7 Å². The molecule has 0 aliphatic rings. The van der Waals surface area contributed by atoms with Gasteiger partial charge in [-0.1, -0.05) is 18.5 Å². The van der Waals surface area contributed by atoms with Crippen LogP contribution in [0.25, 0.3) is 5.52 Å². The van der Waals surface area contributed by atoms with Gasteiger partial charge in [-0.25, -0.2) is 4.98 Å². The number of fused-ring (bicyclic) bond motifs is 1. The van der Waals surface area contributed by atoms with Crippen molar-refractivity contribution in [1.82, 2.24) is 9.38 Å². The fourth-order valence-electron chi connectivity index (χ4n) is 1.30. The molecule has 0 saturated heterocycles. The van der Waals surface area contributed by atoms with Gasteiger partial charge in [-0.2, -0.15) is 0 Å². The predicted octanol–water partition coefficient (Wildman–Crippen LogP) is 2.55. The summed E-state index contributed by atoms with van der Waals surface area (Å²) in [6.07, 6.45) is 4.71. The van der Waals surface area contributed by atoms with Crippen molar-refractivity contribution < 1.29 is 0 Å². The first kappa shape index (κ1) is 7.62. The Bertz CT molecular complexity index is 406. The van der Waals surface area contributed by atoms with Gasteiger partial charge < -0.3 is 4.40 Å². The number of aromatic nitrogens is 2. The van der Waals surface area contributed by atoms with Gasteiger partial charge in [0, 0.05) is 12.6 Å². The topological polar surface area (TPSA) is 17.3 Å². The molecule has 2 aromatic heterocycles. The van der Waals surface area contributed by atoms with Gasteiger partial charge in [-0.15, -0.1) is 0 Å². The molecule has 62 valence electrons. The summed E-state index contributed by atoms with van der Waals surface area (Å²) in [6.45, 7) is 2.08. The molecule has 2 nitrogen and oxygen atoms in total. The van der Waals surface area contributed by atoms with Gasteiger partial charge in [0.05, 0.1) is 16.7 Å². The summed E-state index contributed by atoms with van der Waals surface area (Å²) in [5.74, 6) is 1.05. The summed E-state index contributed by atoms with van der Waals surface area (Å²) >= 11 is 5.97. The molecular weight excluding hydrogens is 172 g/mol. The van der Waals surface area contributed by atoms with Crippen molar-refractivity contribution in [3.63, 3.8) is 0 Å². The minimum absolute atomic E-state index is 0.754. The Labute approximate surface area is 75.8 Å². The van der Waals surface area contributed by atoms with Gasteiger partial charge in [-0.3, -0.25) is 0 Å². The summed E-state index contributed by atoms with van der Waals surface area (Å²) in [5, 5.41) is 0.754. The van der Waals surface area contributed by atoms with E-state index in [1.165, 1.54) is 0 Å². The zero-order valence-corrected chi connectivity index (χ0v) is 7.54. The first-order valence-corrected chi connectivity index (χ1v) is 4.31. The first-order valence-electron chi connectivity index (χ1n) is 3.93. The summed E-state index contributed by atoms with van der Waals surface area (Å²) in [6, 6.07) is 3.80. The van der Waals surface area contributed by atoms with Gasteiger partial charge in [0.2, 0.25) is 0 Å². The maximum atomic E-state index is 5.97. The van der Waals surface area contributed by atoms with Crippen molar-refractivity contribution in [2.45, 2.75) is 13.3 Å². The van der Waals surface area contributed by atoms with Crippen molar-refractivity contribution in [2.24, 2.45) is 0 Å². The van der Waals surface area contributed by atoms with Gasteiger partial charge in [0.15, 0.2) is 0 Å². The summed E-state index contributed by atoms with van der Waals surface area (Å²) < 4.78 is 2.02. The van der Waals surface area contributed by atoms with Crippen LogP contribution in [0.3, 0.4) is 0 Å². The average Bonchev–Trinajstić information content (AvgIpc) is 2.49. The second kappa shape index (κ2) is 2.79. The highest BCUT2D eigenvalue weighted by atomic mass is 35.5. The molecule has 12 heavy (non-hydrogen) atoms. The van der Waals surface area contributed by atoms with E-state index in [9.17, 15) is 0 Å². The molecule has 0 saturated carbocycles. The molecule has 0 bridgehead atoms. The van der Waals surface area contributed by atoms with E-state index >= 15 is 0 Å². The second-order valence-corrected chi connectivity index (χ2v) is 3.05. The predicted molar refractivity (Wildman–Crippen MR) is 49.6 cm³/mol. The highest BCUT2D eigenvalue weighted by Gasteiger charge is 2.02. The molecular formula is C9H9ClN2. The van der Waals surface area contributed by atoms with Crippen molar-refractivity contribution in [3.8, 4) is 0 Å².